The highest BCUT2D eigenvalue weighted by Gasteiger charge is 2.28. The first-order valence-electron chi connectivity index (χ1n) is 12.1. The van der Waals surface area contributed by atoms with E-state index in [0.29, 0.717) is 32.4 Å². The van der Waals surface area contributed by atoms with Crippen LogP contribution in [0.2, 0.25) is 0 Å². The molecule has 36 heavy (non-hydrogen) atoms. The van der Waals surface area contributed by atoms with E-state index in [1.165, 1.54) is 11.8 Å². The zero-order valence-corrected chi connectivity index (χ0v) is 20.4. The molecule has 1 atom stereocenters. The Morgan fingerprint density at radius 1 is 1.17 bits per heavy atom. The molecule has 0 saturated carbocycles. The predicted molar refractivity (Wildman–Crippen MR) is 137 cm³/mol. The summed E-state index contributed by atoms with van der Waals surface area (Å²) >= 11 is 0. The van der Waals surface area contributed by atoms with E-state index in [0.717, 1.165) is 38.5 Å². The molecule has 1 aliphatic rings. The number of methoxy groups -OCH3 is 1. The number of hydrogen-bond donors (Lipinski definition) is 2. The number of para-hydroxylation sites is 1. The summed E-state index contributed by atoms with van der Waals surface area (Å²) in [6, 6.07) is 12.6. The van der Waals surface area contributed by atoms with Crippen LogP contribution in [0.15, 0.2) is 53.5 Å². The molecule has 0 spiro atoms. The van der Waals surface area contributed by atoms with E-state index in [4.69, 9.17) is 10.5 Å². The molecule has 1 fully saturated rings. The van der Waals surface area contributed by atoms with E-state index in [-0.39, 0.29) is 17.5 Å². The number of pyridine rings is 1. The van der Waals surface area contributed by atoms with Gasteiger partial charge in [-0.25, -0.2) is 4.79 Å². The second kappa shape index (κ2) is 9.58. The Hall–Kier alpha value is -3.98. The lowest BCUT2D eigenvalue weighted by molar-refractivity contribution is -0.142. The summed E-state index contributed by atoms with van der Waals surface area (Å²) < 4.78 is 6.16. The Morgan fingerprint density at radius 2 is 1.92 bits per heavy atom. The van der Waals surface area contributed by atoms with E-state index in [1.54, 1.807) is 11.1 Å². The summed E-state index contributed by atoms with van der Waals surface area (Å²) in [5.41, 5.74) is 9.96. The van der Waals surface area contributed by atoms with Gasteiger partial charge in [-0.1, -0.05) is 24.3 Å². The first kappa shape index (κ1) is 23.7. The third kappa shape index (κ3) is 4.37. The van der Waals surface area contributed by atoms with Crippen LogP contribution < -0.4 is 11.3 Å². The molecule has 2 aromatic carbocycles. The van der Waals surface area contributed by atoms with Crippen LogP contribution in [0.5, 0.6) is 0 Å². The number of H-pyrrole nitrogens is 1. The number of aryl methyl sites for hydroxylation is 1. The van der Waals surface area contributed by atoms with Crippen molar-refractivity contribution in [3.8, 4) is 0 Å². The summed E-state index contributed by atoms with van der Waals surface area (Å²) in [4.78, 5) is 42.5. The minimum Gasteiger partial charge on any atom is -0.468 e. The Kier molecular flexibility index (Phi) is 6.32. The van der Waals surface area contributed by atoms with Gasteiger partial charge in [0.05, 0.1) is 18.8 Å². The Morgan fingerprint density at radius 3 is 2.67 bits per heavy atom. The van der Waals surface area contributed by atoms with Gasteiger partial charge >= 0.3 is 12.0 Å². The van der Waals surface area contributed by atoms with Crippen molar-refractivity contribution in [1.82, 2.24) is 19.7 Å². The average Bonchev–Trinajstić information content (AvgIpc) is 3.32. The van der Waals surface area contributed by atoms with Gasteiger partial charge in [-0.3, -0.25) is 9.59 Å². The van der Waals surface area contributed by atoms with E-state index >= 15 is 0 Å². The third-order valence-electron chi connectivity index (χ3n) is 7.04. The molecule has 186 valence electrons. The van der Waals surface area contributed by atoms with Crippen LogP contribution in [-0.2, 0) is 16.0 Å². The van der Waals surface area contributed by atoms with Crippen molar-refractivity contribution in [2.75, 3.05) is 20.2 Å². The molecule has 9 heteroatoms. The molecule has 0 bridgehead atoms. The van der Waals surface area contributed by atoms with Gasteiger partial charge in [0, 0.05) is 29.6 Å². The number of hydrogen-bond acceptors (Lipinski definition) is 6. The molecule has 1 saturated heterocycles. The molecule has 9 nitrogen and oxygen atoms in total. The van der Waals surface area contributed by atoms with E-state index in [2.05, 4.69) is 10.1 Å². The number of rotatable bonds is 4. The number of likely N-dealkylation sites (tertiary alicyclic amines) is 1. The van der Waals surface area contributed by atoms with Crippen LogP contribution in [-0.4, -0.2) is 57.9 Å². The molecule has 0 unspecified atom stereocenters. The van der Waals surface area contributed by atoms with Crippen LogP contribution in [0.4, 0.5) is 4.79 Å². The van der Waals surface area contributed by atoms with Crippen LogP contribution in [0.3, 0.4) is 0 Å². The molecule has 1 aliphatic heterocycles. The Labute approximate surface area is 207 Å². The predicted octanol–water partition coefficient (Wildman–Crippen LogP) is 3.08. The minimum absolute atomic E-state index is 0.0603. The molecule has 0 aliphatic carbocycles. The number of ether oxygens (including phenoxy) is 1. The van der Waals surface area contributed by atoms with Crippen LogP contribution in [0.1, 0.15) is 35.4 Å². The maximum atomic E-state index is 13.4. The number of piperidine rings is 1. The number of nitrogens with zero attached hydrogens (tertiary/aromatic N) is 3. The van der Waals surface area contributed by atoms with Crippen molar-refractivity contribution < 1.29 is 14.3 Å². The van der Waals surface area contributed by atoms with E-state index < -0.39 is 12.0 Å². The highest BCUT2D eigenvalue weighted by molar-refractivity contribution is 5.92. The third-order valence-corrected chi connectivity index (χ3v) is 7.04. The first-order chi connectivity index (χ1) is 17.4. The summed E-state index contributed by atoms with van der Waals surface area (Å²) in [6.07, 6.45) is 3.42. The number of aromatic nitrogens is 3. The molecule has 1 amide bonds. The van der Waals surface area contributed by atoms with Crippen LogP contribution >= 0.6 is 0 Å². The lowest BCUT2D eigenvalue weighted by Gasteiger charge is -2.31. The van der Waals surface area contributed by atoms with Crippen LogP contribution in [0.25, 0.3) is 21.8 Å². The van der Waals surface area contributed by atoms with Crippen LogP contribution in [0, 0.1) is 6.92 Å². The van der Waals surface area contributed by atoms with Gasteiger partial charge in [-0.2, -0.15) is 9.78 Å². The number of nitrogens with two attached hydrogens (primary N) is 1. The van der Waals surface area contributed by atoms with Gasteiger partial charge in [0.1, 0.15) is 6.04 Å². The fraction of sp³-hybridized carbons (Fsp3) is 0.333. The topological polar surface area (TPSA) is 123 Å². The van der Waals surface area contributed by atoms with Gasteiger partial charge < -0.3 is 20.4 Å². The number of amides is 1. The molecule has 0 radical (unpaired) electrons. The van der Waals surface area contributed by atoms with Crippen molar-refractivity contribution in [1.29, 1.82) is 0 Å². The standard InChI is InChI=1S/C27H29N5O4/c1-16-11-17(13-22(28)26(34)36-2)12-20-15-29-32(24(16)20)27(35)31-9-7-18(8-10-31)21-14-19-5-3-4-6-23(19)30-25(21)33/h3-6,11-12,14-15,18,22H,7-10,13,28H2,1-2H3,(H,30,33)/t22-/m1/s1. The minimum atomic E-state index is -0.750. The molecule has 3 heterocycles. The lowest BCUT2D eigenvalue weighted by Crippen LogP contribution is -2.41. The maximum absolute atomic E-state index is 13.4. The van der Waals surface area contributed by atoms with Gasteiger partial charge in [-0.05, 0) is 66.8 Å². The zero-order chi connectivity index (χ0) is 25.4. The molecular formula is C27H29N5O4. The summed E-state index contributed by atoms with van der Waals surface area (Å²) in [7, 11) is 1.31. The average molecular weight is 488 g/mol. The summed E-state index contributed by atoms with van der Waals surface area (Å²) in [5.74, 6) is -0.368. The quantitative estimate of drug-likeness (QED) is 0.427. The zero-order valence-electron chi connectivity index (χ0n) is 20.4. The smallest absolute Gasteiger partial charge is 0.345 e. The number of carbonyl (C=O) groups is 2. The van der Waals surface area contributed by atoms with E-state index in [1.807, 2.05) is 49.4 Å². The lowest BCUT2D eigenvalue weighted by atomic mass is 9.89. The number of fused-ring (bicyclic) bond motifs is 2. The summed E-state index contributed by atoms with van der Waals surface area (Å²) in [6.45, 7) is 3.00. The largest absolute Gasteiger partial charge is 0.468 e. The van der Waals surface area contributed by atoms with Crippen molar-refractivity contribution in [3.63, 3.8) is 0 Å². The molecule has 2 aromatic heterocycles. The number of benzene rings is 2. The SMILES string of the molecule is COC(=O)[C@H](N)Cc1cc(C)c2c(cnn2C(=O)N2CCC(c3cc4ccccc4[nH]c3=O)CC2)c1. The maximum Gasteiger partial charge on any atom is 0.345 e. The van der Waals surface area contributed by atoms with Crippen molar-refractivity contribution in [2.24, 2.45) is 5.73 Å². The highest BCUT2D eigenvalue weighted by Crippen LogP contribution is 2.29. The van der Waals surface area contributed by atoms with Gasteiger partial charge in [-0.15, -0.1) is 0 Å². The van der Waals surface area contributed by atoms with Gasteiger partial charge in [0.15, 0.2) is 0 Å². The fourth-order valence-corrected chi connectivity index (χ4v) is 5.18. The Balaban J connectivity index is 1.32. The molecule has 3 N–H and O–H groups in total. The second-order valence-electron chi connectivity index (χ2n) is 9.43. The number of aromatic amines is 1. The van der Waals surface area contributed by atoms with Crippen molar-refractivity contribution >= 4 is 33.8 Å². The number of esters is 1. The Bertz CT molecular complexity index is 1510. The molecule has 5 rings (SSSR count). The summed E-state index contributed by atoms with van der Waals surface area (Å²) in [5, 5.41) is 6.20. The second-order valence-corrected chi connectivity index (χ2v) is 9.43. The van der Waals surface area contributed by atoms with Gasteiger partial charge in [0.25, 0.3) is 5.56 Å². The molecule has 4 aromatic rings. The van der Waals surface area contributed by atoms with Crippen molar-refractivity contribution in [3.05, 3.63) is 75.7 Å². The number of nitrogens with one attached hydrogen (secondary N) is 1. The van der Waals surface area contributed by atoms with Crippen molar-refractivity contribution in [2.45, 2.75) is 38.1 Å². The first-order valence-corrected chi connectivity index (χ1v) is 12.1. The normalized spacial score (nSPS) is 15.4. The monoisotopic (exact) mass is 487 g/mol. The van der Waals surface area contributed by atoms with Gasteiger partial charge in [0.2, 0.25) is 0 Å². The van der Waals surface area contributed by atoms with E-state index in [9.17, 15) is 14.4 Å². The fourth-order valence-electron chi connectivity index (χ4n) is 5.18. The highest BCUT2D eigenvalue weighted by atomic mass is 16.5. The number of carbonyl (C=O) groups excluding carboxylic acids is 2. The molecular weight excluding hydrogens is 458 g/mol.